The second-order valence-corrected chi connectivity index (χ2v) is 4.76. The van der Waals surface area contributed by atoms with E-state index in [0.29, 0.717) is 5.75 Å². The molecule has 0 aromatic heterocycles. The third kappa shape index (κ3) is 8.01. The fraction of sp³-hybridized carbons (Fsp3) is 0.571. The summed E-state index contributed by atoms with van der Waals surface area (Å²) in [5.74, 6) is -1.27. The average Bonchev–Trinajstić information content (AvgIpc) is 2.13. The first-order valence-corrected chi connectivity index (χ1v) is 6.21. The zero-order valence-electron chi connectivity index (χ0n) is 8.24. The monoisotopic (exact) mass is 251 g/mol. The number of nitrogens with two attached hydrogens (primary N) is 1. The minimum atomic E-state index is -0.993. The molecule has 1 unspecified atom stereocenters. The standard InChI is InChI=1S/C7H13N3O3S2/c1-15(13)3-2-9-6(11)7(12)10-4-5(8)14/h2-4H2,1H3,(H2,8,14)(H,9,11)(H,10,12). The van der Waals surface area contributed by atoms with Crippen LogP contribution in [0.5, 0.6) is 0 Å². The summed E-state index contributed by atoms with van der Waals surface area (Å²) < 4.78 is 10.6. The molecule has 0 saturated heterocycles. The van der Waals surface area contributed by atoms with Crippen LogP contribution in [0.25, 0.3) is 0 Å². The normalized spacial score (nSPS) is 11.5. The quantitative estimate of drug-likeness (QED) is 0.383. The van der Waals surface area contributed by atoms with Crippen LogP contribution in [0.2, 0.25) is 0 Å². The van der Waals surface area contributed by atoms with E-state index in [1.165, 1.54) is 6.26 Å². The smallest absolute Gasteiger partial charge is 0.309 e. The molecule has 2 amide bonds. The molecule has 0 bridgehead atoms. The Morgan fingerprint density at radius 1 is 1.33 bits per heavy atom. The van der Waals surface area contributed by atoms with Crippen LogP contribution in [0.15, 0.2) is 0 Å². The van der Waals surface area contributed by atoms with Gasteiger partial charge in [-0.1, -0.05) is 12.2 Å². The highest BCUT2D eigenvalue weighted by Crippen LogP contribution is 1.74. The van der Waals surface area contributed by atoms with Gasteiger partial charge < -0.3 is 16.4 Å². The first kappa shape index (κ1) is 14.0. The minimum Gasteiger partial charge on any atom is -0.392 e. The lowest BCUT2D eigenvalue weighted by atomic mass is 10.5. The van der Waals surface area contributed by atoms with Crippen molar-refractivity contribution >= 4 is 39.8 Å². The molecule has 0 radical (unpaired) electrons. The van der Waals surface area contributed by atoms with Gasteiger partial charge in [-0.3, -0.25) is 13.8 Å². The Morgan fingerprint density at radius 3 is 2.33 bits per heavy atom. The van der Waals surface area contributed by atoms with Gasteiger partial charge >= 0.3 is 11.8 Å². The van der Waals surface area contributed by atoms with Crippen LogP contribution in [0.4, 0.5) is 0 Å². The summed E-state index contributed by atoms with van der Waals surface area (Å²) in [4.78, 5) is 22.1. The first-order chi connectivity index (χ1) is 6.93. The number of carbonyl (C=O) groups excluding carboxylic acids is 2. The third-order valence-electron chi connectivity index (χ3n) is 1.30. The van der Waals surface area contributed by atoms with Gasteiger partial charge in [0.05, 0.1) is 11.5 Å². The molecule has 0 aromatic rings. The summed E-state index contributed by atoms with van der Waals surface area (Å²) in [6.45, 7) is 0.184. The largest absolute Gasteiger partial charge is 0.392 e. The van der Waals surface area contributed by atoms with Gasteiger partial charge in [-0.15, -0.1) is 0 Å². The van der Waals surface area contributed by atoms with Crippen molar-refractivity contribution in [2.75, 3.05) is 25.1 Å². The molecule has 0 aliphatic carbocycles. The fourth-order valence-corrected chi connectivity index (χ4v) is 1.10. The number of nitrogens with one attached hydrogen (secondary N) is 2. The molecule has 0 spiro atoms. The van der Waals surface area contributed by atoms with Gasteiger partial charge in [-0.25, -0.2) is 0 Å². The number of rotatable bonds is 5. The molecule has 0 aliphatic rings. The van der Waals surface area contributed by atoms with Crippen molar-refractivity contribution in [3.05, 3.63) is 0 Å². The van der Waals surface area contributed by atoms with E-state index in [0.717, 1.165) is 0 Å². The number of thiocarbonyl (C=S) groups is 1. The molecule has 0 aliphatic heterocycles. The average molecular weight is 251 g/mol. The predicted octanol–water partition coefficient (Wildman–Crippen LogP) is -2.12. The highest BCUT2D eigenvalue weighted by molar-refractivity contribution is 7.84. The summed E-state index contributed by atoms with van der Waals surface area (Å²) in [5.41, 5.74) is 5.13. The van der Waals surface area contributed by atoms with Gasteiger partial charge in [-0.2, -0.15) is 0 Å². The Bertz CT molecular complexity index is 293. The van der Waals surface area contributed by atoms with Gasteiger partial charge in [0.2, 0.25) is 0 Å². The van der Waals surface area contributed by atoms with Crippen LogP contribution in [-0.4, -0.2) is 46.1 Å². The lowest BCUT2D eigenvalue weighted by Crippen LogP contribution is -2.43. The SMILES string of the molecule is CS(=O)CCNC(=O)C(=O)NCC(N)=S. The molecule has 0 saturated carbocycles. The Kier molecular flexibility index (Phi) is 6.80. The van der Waals surface area contributed by atoms with Crippen molar-refractivity contribution in [3.63, 3.8) is 0 Å². The highest BCUT2D eigenvalue weighted by atomic mass is 32.2. The van der Waals surface area contributed by atoms with Crippen molar-refractivity contribution in [1.29, 1.82) is 0 Å². The van der Waals surface area contributed by atoms with E-state index in [9.17, 15) is 13.8 Å². The molecule has 86 valence electrons. The van der Waals surface area contributed by atoms with Crippen molar-refractivity contribution < 1.29 is 13.8 Å². The van der Waals surface area contributed by atoms with Crippen molar-refractivity contribution in [1.82, 2.24) is 10.6 Å². The Morgan fingerprint density at radius 2 is 1.87 bits per heavy atom. The summed E-state index contributed by atoms with van der Waals surface area (Å²) in [5, 5.41) is 4.54. The molecular formula is C7H13N3O3S2. The maximum absolute atomic E-state index is 11.0. The zero-order chi connectivity index (χ0) is 11.8. The fourth-order valence-electron chi connectivity index (χ4n) is 0.636. The minimum absolute atomic E-state index is 0.0126. The van der Waals surface area contributed by atoms with E-state index in [1.54, 1.807) is 0 Å². The summed E-state index contributed by atoms with van der Waals surface area (Å²) in [7, 11) is -0.993. The highest BCUT2D eigenvalue weighted by Gasteiger charge is 2.12. The number of amides is 2. The van der Waals surface area contributed by atoms with Gasteiger partial charge in [0.1, 0.15) is 0 Å². The van der Waals surface area contributed by atoms with Crippen LogP contribution in [0.3, 0.4) is 0 Å². The lowest BCUT2D eigenvalue weighted by molar-refractivity contribution is -0.138. The Balaban J connectivity index is 3.74. The van der Waals surface area contributed by atoms with Crippen molar-refractivity contribution in [2.45, 2.75) is 0 Å². The molecule has 0 aromatic carbocycles. The molecule has 8 heteroatoms. The molecule has 1 atom stereocenters. The van der Waals surface area contributed by atoms with Crippen LogP contribution in [0, 0.1) is 0 Å². The van der Waals surface area contributed by atoms with Gasteiger partial charge in [0.25, 0.3) is 0 Å². The van der Waals surface area contributed by atoms with Crippen molar-refractivity contribution in [3.8, 4) is 0 Å². The van der Waals surface area contributed by atoms with Crippen LogP contribution in [-0.2, 0) is 20.4 Å². The number of hydrogen-bond donors (Lipinski definition) is 3. The number of carbonyl (C=O) groups is 2. The summed E-state index contributed by atoms with van der Waals surface area (Å²) in [6.07, 6.45) is 1.51. The Hall–Kier alpha value is -1.02. The topological polar surface area (TPSA) is 101 Å². The molecule has 4 N–H and O–H groups in total. The van der Waals surface area contributed by atoms with Gasteiger partial charge in [0.15, 0.2) is 0 Å². The van der Waals surface area contributed by atoms with E-state index in [4.69, 9.17) is 5.73 Å². The van der Waals surface area contributed by atoms with E-state index >= 15 is 0 Å². The van der Waals surface area contributed by atoms with Crippen LogP contribution < -0.4 is 16.4 Å². The third-order valence-corrected chi connectivity index (χ3v) is 2.23. The van der Waals surface area contributed by atoms with Crippen LogP contribution in [0.1, 0.15) is 0 Å². The second-order valence-electron chi connectivity index (χ2n) is 2.68. The van der Waals surface area contributed by atoms with Gasteiger partial charge in [0, 0.05) is 29.4 Å². The maximum atomic E-state index is 11.0. The van der Waals surface area contributed by atoms with E-state index in [1.807, 2.05) is 0 Å². The molecule has 0 fully saturated rings. The van der Waals surface area contributed by atoms with Crippen LogP contribution >= 0.6 is 12.2 Å². The second kappa shape index (κ2) is 7.30. The Labute approximate surface area is 95.4 Å². The molecule has 0 heterocycles. The molecule has 6 nitrogen and oxygen atoms in total. The number of hydrogen-bond acceptors (Lipinski definition) is 4. The summed E-state index contributed by atoms with van der Waals surface area (Å²) >= 11 is 4.51. The van der Waals surface area contributed by atoms with E-state index < -0.39 is 22.6 Å². The maximum Gasteiger partial charge on any atom is 0.309 e. The van der Waals surface area contributed by atoms with E-state index in [-0.39, 0.29) is 18.1 Å². The summed E-state index contributed by atoms with van der Waals surface area (Å²) in [6, 6.07) is 0. The zero-order valence-corrected chi connectivity index (χ0v) is 9.87. The molecule has 15 heavy (non-hydrogen) atoms. The van der Waals surface area contributed by atoms with E-state index in [2.05, 4.69) is 22.9 Å². The predicted molar refractivity (Wildman–Crippen MR) is 61.7 cm³/mol. The first-order valence-electron chi connectivity index (χ1n) is 4.08. The van der Waals surface area contributed by atoms with Gasteiger partial charge in [-0.05, 0) is 0 Å². The molecule has 0 rings (SSSR count). The molecular weight excluding hydrogens is 238 g/mol. The van der Waals surface area contributed by atoms with Crippen molar-refractivity contribution in [2.24, 2.45) is 5.73 Å². The lowest BCUT2D eigenvalue weighted by Gasteiger charge is -2.04.